The topological polar surface area (TPSA) is 50.4 Å². The largest absolute Gasteiger partial charge is 0.455 e. The van der Waals surface area contributed by atoms with E-state index in [1.54, 1.807) is 0 Å². The van der Waals surface area contributed by atoms with E-state index < -0.39 is 0 Å². The van der Waals surface area contributed by atoms with E-state index in [0.717, 1.165) is 22.7 Å². The van der Waals surface area contributed by atoms with E-state index in [2.05, 4.69) is 10.6 Å². The summed E-state index contributed by atoms with van der Waals surface area (Å²) in [7, 11) is 0. The predicted octanol–water partition coefficient (Wildman–Crippen LogP) is 4.60. The number of para-hydroxylation sites is 3. The molecule has 0 saturated carbocycles. The van der Waals surface area contributed by atoms with Crippen molar-refractivity contribution >= 4 is 11.6 Å². The molecule has 3 aromatic rings. The fourth-order valence-electron chi connectivity index (χ4n) is 2.51. The SMILES string of the molecule is O=C(CCNc1ccccc1Oc1ccccc1)NCc1ccccc1. The summed E-state index contributed by atoms with van der Waals surface area (Å²) in [6.07, 6.45) is 0.395. The first-order chi connectivity index (χ1) is 12.8. The van der Waals surface area contributed by atoms with Crippen LogP contribution in [0.25, 0.3) is 0 Å². The van der Waals surface area contributed by atoms with Crippen molar-refractivity contribution in [3.05, 3.63) is 90.5 Å². The maximum absolute atomic E-state index is 12.0. The summed E-state index contributed by atoms with van der Waals surface area (Å²) in [6.45, 7) is 1.09. The highest BCUT2D eigenvalue weighted by Crippen LogP contribution is 2.28. The van der Waals surface area contributed by atoms with Crippen molar-refractivity contribution in [1.82, 2.24) is 5.32 Å². The molecule has 3 aromatic carbocycles. The fraction of sp³-hybridized carbons (Fsp3) is 0.136. The second-order valence-corrected chi connectivity index (χ2v) is 5.85. The number of rotatable bonds is 8. The van der Waals surface area contributed by atoms with Crippen LogP contribution < -0.4 is 15.4 Å². The first-order valence-corrected chi connectivity index (χ1v) is 8.68. The van der Waals surface area contributed by atoms with Crippen molar-refractivity contribution in [2.75, 3.05) is 11.9 Å². The predicted molar refractivity (Wildman–Crippen MR) is 104 cm³/mol. The third-order valence-corrected chi connectivity index (χ3v) is 3.86. The van der Waals surface area contributed by atoms with E-state index in [9.17, 15) is 4.79 Å². The molecule has 0 heterocycles. The standard InChI is InChI=1S/C22H22N2O2/c25-22(24-17-18-9-3-1-4-10-18)15-16-23-20-13-7-8-14-21(20)26-19-11-5-2-6-12-19/h1-14,23H,15-17H2,(H,24,25). The third-order valence-electron chi connectivity index (χ3n) is 3.86. The zero-order valence-corrected chi connectivity index (χ0v) is 14.5. The molecule has 1 amide bonds. The van der Waals surface area contributed by atoms with E-state index >= 15 is 0 Å². The number of anilines is 1. The molecule has 0 aliphatic rings. The van der Waals surface area contributed by atoms with Gasteiger partial charge in [-0.05, 0) is 29.8 Å². The maximum Gasteiger partial charge on any atom is 0.222 e. The van der Waals surface area contributed by atoms with Gasteiger partial charge < -0.3 is 15.4 Å². The molecule has 0 radical (unpaired) electrons. The smallest absolute Gasteiger partial charge is 0.222 e. The number of carbonyl (C=O) groups excluding carboxylic acids is 1. The normalized spacial score (nSPS) is 10.2. The summed E-state index contributed by atoms with van der Waals surface area (Å²) in [5, 5.41) is 6.21. The molecular weight excluding hydrogens is 324 g/mol. The van der Waals surface area contributed by atoms with E-state index in [-0.39, 0.29) is 5.91 Å². The molecule has 4 nitrogen and oxygen atoms in total. The molecule has 0 aromatic heterocycles. The molecule has 0 unspecified atom stereocenters. The number of carbonyl (C=O) groups is 1. The molecule has 4 heteroatoms. The summed E-state index contributed by atoms with van der Waals surface area (Å²) >= 11 is 0. The van der Waals surface area contributed by atoms with Crippen LogP contribution in [0.1, 0.15) is 12.0 Å². The van der Waals surface area contributed by atoms with Gasteiger partial charge in [-0.25, -0.2) is 0 Å². The van der Waals surface area contributed by atoms with Gasteiger partial charge in [0, 0.05) is 19.5 Å². The van der Waals surface area contributed by atoms with Crippen LogP contribution in [0.3, 0.4) is 0 Å². The van der Waals surface area contributed by atoms with Crippen LogP contribution in [0.2, 0.25) is 0 Å². The van der Waals surface area contributed by atoms with Crippen LogP contribution in [0.5, 0.6) is 11.5 Å². The molecule has 0 bridgehead atoms. The zero-order chi connectivity index (χ0) is 18.0. The van der Waals surface area contributed by atoms with Crippen LogP contribution in [0, 0.1) is 0 Å². The molecule has 0 aliphatic heterocycles. The average molecular weight is 346 g/mol. The van der Waals surface area contributed by atoms with Crippen molar-refractivity contribution in [3.63, 3.8) is 0 Å². The van der Waals surface area contributed by atoms with Crippen molar-refractivity contribution in [1.29, 1.82) is 0 Å². The summed E-state index contributed by atoms with van der Waals surface area (Å²) in [5.41, 5.74) is 1.96. The van der Waals surface area contributed by atoms with Crippen molar-refractivity contribution in [3.8, 4) is 11.5 Å². The lowest BCUT2D eigenvalue weighted by molar-refractivity contribution is -0.121. The quantitative estimate of drug-likeness (QED) is 0.627. The van der Waals surface area contributed by atoms with Crippen molar-refractivity contribution in [2.24, 2.45) is 0 Å². The van der Waals surface area contributed by atoms with Crippen LogP contribution in [0.15, 0.2) is 84.9 Å². The van der Waals surface area contributed by atoms with Crippen LogP contribution in [-0.2, 0) is 11.3 Å². The molecule has 132 valence electrons. The van der Waals surface area contributed by atoms with Gasteiger partial charge in [-0.2, -0.15) is 0 Å². The second kappa shape index (κ2) is 9.28. The summed E-state index contributed by atoms with van der Waals surface area (Å²) < 4.78 is 5.91. The van der Waals surface area contributed by atoms with Gasteiger partial charge in [0.05, 0.1) is 5.69 Å². The highest BCUT2D eigenvalue weighted by atomic mass is 16.5. The summed E-state index contributed by atoms with van der Waals surface area (Å²) in [4.78, 5) is 12.0. The summed E-state index contributed by atoms with van der Waals surface area (Å²) in [5.74, 6) is 1.54. The zero-order valence-electron chi connectivity index (χ0n) is 14.5. The Labute approximate surface area is 153 Å². The van der Waals surface area contributed by atoms with Gasteiger partial charge in [0.1, 0.15) is 5.75 Å². The van der Waals surface area contributed by atoms with Gasteiger partial charge in [-0.15, -0.1) is 0 Å². The maximum atomic E-state index is 12.0. The number of benzene rings is 3. The minimum absolute atomic E-state index is 0.0165. The Morgan fingerprint density at radius 2 is 1.46 bits per heavy atom. The minimum atomic E-state index is 0.0165. The van der Waals surface area contributed by atoms with Crippen LogP contribution >= 0.6 is 0 Å². The van der Waals surface area contributed by atoms with E-state index in [1.165, 1.54) is 0 Å². The lowest BCUT2D eigenvalue weighted by Gasteiger charge is -2.13. The lowest BCUT2D eigenvalue weighted by atomic mass is 10.2. The first kappa shape index (κ1) is 17.5. The third kappa shape index (κ3) is 5.38. The fourth-order valence-corrected chi connectivity index (χ4v) is 2.51. The van der Waals surface area contributed by atoms with Crippen molar-refractivity contribution < 1.29 is 9.53 Å². The average Bonchev–Trinajstić information content (AvgIpc) is 2.69. The number of nitrogens with one attached hydrogen (secondary N) is 2. The highest BCUT2D eigenvalue weighted by Gasteiger charge is 2.06. The lowest BCUT2D eigenvalue weighted by Crippen LogP contribution is -2.24. The highest BCUT2D eigenvalue weighted by molar-refractivity contribution is 5.76. The molecular formula is C22H22N2O2. The first-order valence-electron chi connectivity index (χ1n) is 8.68. The molecule has 0 fully saturated rings. The summed E-state index contributed by atoms with van der Waals surface area (Å²) in [6, 6.07) is 27.2. The monoisotopic (exact) mass is 346 g/mol. The number of ether oxygens (including phenoxy) is 1. The molecule has 3 rings (SSSR count). The Hall–Kier alpha value is -3.27. The van der Waals surface area contributed by atoms with Gasteiger partial charge in [0.2, 0.25) is 5.91 Å². The molecule has 0 atom stereocenters. The Morgan fingerprint density at radius 3 is 2.23 bits per heavy atom. The second-order valence-electron chi connectivity index (χ2n) is 5.85. The Bertz CT molecular complexity index is 820. The van der Waals surface area contributed by atoms with E-state index in [4.69, 9.17) is 4.74 Å². The number of amides is 1. The Kier molecular flexibility index (Phi) is 6.26. The van der Waals surface area contributed by atoms with Gasteiger partial charge in [0.15, 0.2) is 5.75 Å². The van der Waals surface area contributed by atoms with Crippen LogP contribution in [0.4, 0.5) is 5.69 Å². The molecule has 26 heavy (non-hydrogen) atoms. The Balaban J connectivity index is 1.48. The number of hydrogen-bond acceptors (Lipinski definition) is 3. The van der Waals surface area contributed by atoms with Crippen LogP contribution in [-0.4, -0.2) is 12.5 Å². The molecule has 0 aliphatic carbocycles. The van der Waals surface area contributed by atoms with E-state index in [1.807, 2.05) is 84.9 Å². The van der Waals surface area contributed by atoms with Gasteiger partial charge in [-0.1, -0.05) is 60.7 Å². The number of hydrogen-bond donors (Lipinski definition) is 2. The van der Waals surface area contributed by atoms with Gasteiger partial charge in [0.25, 0.3) is 0 Å². The van der Waals surface area contributed by atoms with Gasteiger partial charge in [-0.3, -0.25) is 4.79 Å². The van der Waals surface area contributed by atoms with Crippen molar-refractivity contribution in [2.45, 2.75) is 13.0 Å². The van der Waals surface area contributed by atoms with E-state index in [0.29, 0.717) is 19.5 Å². The minimum Gasteiger partial charge on any atom is -0.455 e. The van der Waals surface area contributed by atoms with Gasteiger partial charge >= 0.3 is 0 Å². The molecule has 0 saturated heterocycles. The molecule has 0 spiro atoms. The Morgan fingerprint density at radius 1 is 0.808 bits per heavy atom. The molecule has 2 N–H and O–H groups in total.